The molecule has 256 valence electrons. The minimum absolute atomic E-state index is 0.0447. The van der Waals surface area contributed by atoms with Gasteiger partial charge >= 0.3 is 0 Å². The van der Waals surface area contributed by atoms with Gasteiger partial charge in [-0.25, -0.2) is 0 Å². The number of hydrogen-bond donors (Lipinski definition) is 7. The number of nitrogens with two attached hydrogens (primary N) is 2. The SMILES string of the molecule is CC.CCNC(=O)CN(C)C(=O)C(NCCOc1c(C=N)cccc1CCCNC=O)C1CC1.CN.Cc1ccc(C(=N)N)cc1. The summed E-state index contributed by atoms with van der Waals surface area (Å²) in [6.07, 6.45) is 5.43. The van der Waals surface area contributed by atoms with E-state index < -0.39 is 0 Å². The third kappa shape index (κ3) is 16.1. The lowest BCUT2D eigenvalue weighted by Gasteiger charge is -2.24. The van der Waals surface area contributed by atoms with Gasteiger partial charge in [0, 0.05) is 44.0 Å². The lowest BCUT2D eigenvalue weighted by Crippen LogP contribution is -2.49. The van der Waals surface area contributed by atoms with Crippen LogP contribution in [-0.4, -0.2) is 88.1 Å². The van der Waals surface area contributed by atoms with E-state index in [9.17, 15) is 14.4 Å². The van der Waals surface area contributed by atoms with Crippen LogP contribution in [0.25, 0.3) is 0 Å². The average molecular weight is 641 g/mol. The highest BCUT2D eigenvalue weighted by Gasteiger charge is 2.37. The lowest BCUT2D eigenvalue weighted by atomic mass is 10.0. The predicted molar refractivity (Wildman–Crippen MR) is 187 cm³/mol. The van der Waals surface area contributed by atoms with Crippen molar-refractivity contribution in [3.05, 3.63) is 64.7 Å². The number of rotatable bonds is 17. The molecule has 2 aromatic carbocycles. The summed E-state index contributed by atoms with van der Waals surface area (Å²) >= 11 is 0. The van der Waals surface area contributed by atoms with Gasteiger partial charge in [-0.15, -0.1) is 0 Å². The Morgan fingerprint density at radius 1 is 1.11 bits per heavy atom. The number of carbonyl (C=O) groups is 3. The lowest BCUT2D eigenvalue weighted by molar-refractivity contribution is -0.136. The molecule has 0 radical (unpaired) electrons. The largest absolute Gasteiger partial charge is 0.491 e. The molecule has 0 aromatic heterocycles. The Labute approximate surface area is 275 Å². The second kappa shape index (κ2) is 25.0. The van der Waals surface area contributed by atoms with E-state index >= 15 is 0 Å². The molecule has 0 aliphatic heterocycles. The third-order valence-corrected chi connectivity index (χ3v) is 6.70. The number of amides is 3. The van der Waals surface area contributed by atoms with Crippen molar-refractivity contribution in [2.24, 2.45) is 17.4 Å². The highest BCUT2D eigenvalue weighted by atomic mass is 16.5. The Hall–Kier alpha value is -4.29. The van der Waals surface area contributed by atoms with Crippen molar-refractivity contribution < 1.29 is 19.1 Å². The van der Waals surface area contributed by atoms with Crippen molar-refractivity contribution in [3.63, 3.8) is 0 Å². The first-order valence-corrected chi connectivity index (χ1v) is 15.9. The molecule has 9 N–H and O–H groups in total. The molecular formula is C34H56N8O4. The van der Waals surface area contributed by atoms with Gasteiger partial charge in [-0.2, -0.15) is 0 Å². The fraction of sp³-hybridized carbons (Fsp3) is 0.500. The number of likely N-dealkylation sites (N-methyl/N-ethyl adjacent to an activating group) is 2. The van der Waals surface area contributed by atoms with Crippen LogP contribution >= 0.6 is 0 Å². The van der Waals surface area contributed by atoms with Gasteiger partial charge in [0.2, 0.25) is 18.2 Å². The highest BCUT2D eigenvalue weighted by Crippen LogP contribution is 2.33. The Balaban J connectivity index is 0.00000121. The number of hydrogen-bond acceptors (Lipinski definition) is 8. The molecule has 1 unspecified atom stereocenters. The Morgan fingerprint density at radius 3 is 2.30 bits per heavy atom. The molecule has 46 heavy (non-hydrogen) atoms. The maximum Gasteiger partial charge on any atom is 0.240 e. The number of nitrogens with zero attached hydrogens (tertiary/aromatic N) is 1. The summed E-state index contributed by atoms with van der Waals surface area (Å²) < 4.78 is 6.01. The standard InChI is InChI=1S/C23H35N5O4.C8H10N2.C2H6.CH5N/c1-3-26-20(30)15-28(2)23(31)21(17-9-10-17)27-12-13-32-22-18(8-5-11-25-16-29)6-4-7-19(22)14-24;1-6-2-4-7(5-3-6)8(9)10;2*1-2/h4,6-7,14,16-17,21,24,27H,3,5,8-13,15H2,1-2H3,(H,25,29)(H,26,30);2-5H,1H3,(H3,9,10);1-2H3;2H2,1H3. The fourth-order valence-corrected chi connectivity index (χ4v) is 4.30. The summed E-state index contributed by atoms with van der Waals surface area (Å²) in [7, 11) is 3.15. The minimum Gasteiger partial charge on any atom is -0.491 e. The van der Waals surface area contributed by atoms with Crippen LogP contribution in [0.2, 0.25) is 0 Å². The molecule has 3 rings (SSSR count). The minimum atomic E-state index is -0.329. The van der Waals surface area contributed by atoms with Gasteiger partial charge < -0.3 is 42.5 Å². The quantitative estimate of drug-likeness (QED) is 0.0596. The van der Waals surface area contributed by atoms with Crippen LogP contribution in [0.1, 0.15) is 62.3 Å². The van der Waals surface area contributed by atoms with E-state index in [1.54, 1.807) is 7.05 Å². The van der Waals surface area contributed by atoms with E-state index in [-0.39, 0.29) is 36.2 Å². The Kier molecular flexibility index (Phi) is 22.6. The zero-order chi connectivity index (χ0) is 34.9. The first kappa shape index (κ1) is 41.7. The predicted octanol–water partition coefficient (Wildman–Crippen LogP) is 2.58. The molecule has 0 saturated heterocycles. The van der Waals surface area contributed by atoms with Crippen LogP contribution < -0.4 is 32.2 Å². The zero-order valence-electron chi connectivity index (χ0n) is 28.4. The number of carbonyl (C=O) groups excluding carboxylic acids is 3. The van der Waals surface area contributed by atoms with E-state index in [4.69, 9.17) is 21.3 Å². The van der Waals surface area contributed by atoms with Gasteiger partial charge in [-0.1, -0.05) is 55.8 Å². The molecule has 1 fully saturated rings. The first-order chi connectivity index (χ1) is 22.2. The zero-order valence-corrected chi connectivity index (χ0v) is 28.4. The van der Waals surface area contributed by atoms with Gasteiger partial charge in [0.15, 0.2) is 0 Å². The van der Waals surface area contributed by atoms with Crippen molar-refractivity contribution in [2.45, 2.75) is 59.4 Å². The van der Waals surface area contributed by atoms with Gasteiger partial charge in [0.25, 0.3) is 0 Å². The summed E-state index contributed by atoms with van der Waals surface area (Å²) in [4.78, 5) is 36.5. The average Bonchev–Trinajstić information content (AvgIpc) is 3.91. The molecule has 0 bridgehead atoms. The molecule has 0 spiro atoms. The van der Waals surface area contributed by atoms with Crippen LogP contribution in [-0.2, 0) is 20.8 Å². The van der Waals surface area contributed by atoms with E-state index in [0.29, 0.717) is 44.0 Å². The summed E-state index contributed by atoms with van der Waals surface area (Å²) in [5.74, 6) is 0.828. The Morgan fingerprint density at radius 2 is 1.76 bits per heavy atom. The van der Waals surface area contributed by atoms with Crippen LogP contribution in [0, 0.1) is 23.7 Å². The fourth-order valence-electron chi connectivity index (χ4n) is 4.30. The van der Waals surface area contributed by atoms with Gasteiger partial charge in [-0.05, 0) is 64.1 Å². The number of amidine groups is 1. The van der Waals surface area contributed by atoms with Crippen LogP contribution in [0.3, 0.4) is 0 Å². The van der Waals surface area contributed by atoms with Crippen LogP contribution in [0.5, 0.6) is 5.75 Å². The molecule has 12 nitrogen and oxygen atoms in total. The molecule has 1 aliphatic rings. The topological polar surface area (TPSA) is 200 Å². The summed E-state index contributed by atoms with van der Waals surface area (Å²) in [6, 6.07) is 12.9. The number of benzene rings is 2. The smallest absolute Gasteiger partial charge is 0.240 e. The van der Waals surface area contributed by atoms with Crippen LogP contribution in [0.4, 0.5) is 0 Å². The van der Waals surface area contributed by atoms with Crippen molar-refractivity contribution in [1.82, 2.24) is 20.9 Å². The van der Waals surface area contributed by atoms with E-state index in [0.717, 1.165) is 36.8 Å². The van der Waals surface area contributed by atoms with Gasteiger partial charge in [0.1, 0.15) is 18.2 Å². The number of nitrogen functional groups attached to an aromatic ring is 1. The van der Waals surface area contributed by atoms with Crippen LogP contribution in [0.15, 0.2) is 42.5 Å². The van der Waals surface area contributed by atoms with E-state index in [1.807, 2.05) is 70.2 Å². The molecule has 2 aromatic rings. The maximum atomic E-state index is 12.8. The molecule has 3 amide bonds. The number of para-hydroxylation sites is 1. The number of nitrogens with one attached hydrogen (secondary N) is 5. The summed E-state index contributed by atoms with van der Waals surface area (Å²) in [5, 5.41) is 23.4. The number of aryl methyl sites for hydroxylation is 2. The second-order valence-corrected chi connectivity index (χ2v) is 10.2. The summed E-state index contributed by atoms with van der Waals surface area (Å²) in [6.45, 7) is 9.83. The monoisotopic (exact) mass is 640 g/mol. The molecule has 1 saturated carbocycles. The van der Waals surface area contributed by atoms with Crippen molar-refractivity contribution in [2.75, 3.05) is 46.9 Å². The summed E-state index contributed by atoms with van der Waals surface area (Å²) in [5.41, 5.74) is 13.4. The van der Waals surface area contributed by atoms with Crippen molar-refractivity contribution >= 4 is 30.3 Å². The number of ether oxygens (including phenoxy) is 1. The molecule has 0 heterocycles. The second-order valence-electron chi connectivity index (χ2n) is 10.2. The van der Waals surface area contributed by atoms with Crippen molar-refractivity contribution in [1.29, 1.82) is 10.8 Å². The van der Waals surface area contributed by atoms with Gasteiger partial charge in [-0.3, -0.25) is 19.8 Å². The first-order valence-electron chi connectivity index (χ1n) is 15.9. The Bertz CT molecular complexity index is 1190. The van der Waals surface area contributed by atoms with Gasteiger partial charge in [0.05, 0.1) is 12.6 Å². The molecule has 1 atom stereocenters. The third-order valence-electron chi connectivity index (χ3n) is 6.70. The molecule has 12 heteroatoms. The van der Waals surface area contributed by atoms with E-state index in [1.165, 1.54) is 23.7 Å². The van der Waals surface area contributed by atoms with E-state index in [2.05, 4.69) is 21.7 Å². The molecular weight excluding hydrogens is 584 g/mol. The highest BCUT2D eigenvalue weighted by molar-refractivity contribution is 5.94. The van der Waals surface area contributed by atoms with Crippen molar-refractivity contribution in [3.8, 4) is 5.75 Å². The molecule has 1 aliphatic carbocycles. The normalized spacial score (nSPS) is 11.8. The maximum absolute atomic E-state index is 12.8.